The van der Waals surface area contributed by atoms with Crippen molar-refractivity contribution in [3.8, 4) is 0 Å². The second kappa shape index (κ2) is 6.33. The summed E-state index contributed by atoms with van der Waals surface area (Å²) in [5.41, 5.74) is 8.28. The molecule has 1 atom stereocenters. The topological polar surface area (TPSA) is 55.0 Å². The van der Waals surface area contributed by atoms with Gasteiger partial charge in [-0.1, -0.05) is 0 Å². The van der Waals surface area contributed by atoms with Crippen molar-refractivity contribution in [2.75, 3.05) is 18.8 Å². The van der Waals surface area contributed by atoms with Gasteiger partial charge in [0.1, 0.15) is 5.82 Å². The highest BCUT2D eigenvalue weighted by molar-refractivity contribution is 7.07. The SMILES string of the molecule is Nc1nccnc1CC1CCCN(Cc2ccsc2)C1. The third-order valence-electron chi connectivity index (χ3n) is 3.88. The van der Waals surface area contributed by atoms with Gasteiger partial charge in [0.05, 0.1) is 5.69 Å². The number of nitrogens with two attached hydrogens (primary N) is 1. The van der Waals surface area contributed by atoms with Gasteiger partial charge in [0.2, 0.25) is 0 Å². The molecule has 0 radical (unpaired) electrons. The van der Waals surface area contributed by atoms with Crippen LogP contribution < -0.4 is 5.73 Å². The van der Waals surface area contributed by atoms with E-state index in [0.29, 0.717) is 11.7 Å². The van der Waals surface area contributed by atoms with E-state index >= 15 is 0 Å². The van der Waals surface area contributed by atoms with E-state index in [1.165, 1.54) is 24.9 Å². The molecule has 1 fully saturated rings. The van der Waals surface area contributed by atoms with E-state index in [1.807, 2.05) is 0 Å². The van der Waals surface area contributed by atoms with Crippen molar-refractivity contribution in [1.29, 1.82) is 0 Å². The standard InChI is InChI=1S/C15H20N4S/c16-15-14(17-4-5-18-15)8-12-2-1-6-19(9-12)10-13-3-7-20-11-13/h3-5,7,11-12H,1-2,6,8-10H2,(H2,16,18). The minimum atomic E-state index is 0.586. The lowest BCUT2D eigenvalue weighted by Gasteiger charge is -2.32. The van der Waals surface area contributed by atoms with Crippen molar-refractivity contribution < 1.29 is 0 Å². The van der Waals surface area contributed by atoms with Crippen LogP contribution in [0.15, 0.2) is 29.2 Å². The van der Waals surface area contributed by atoms with E-state index < -0.39 is 0 Å². The molecule has 0 aromatic carbocycles. The number of likely N-dealkylation sites (tertiary alicyclic amines) is 1. The molecule has 1 aliphatic rings. The van der Waals surface area contributed by atoms with Gasteiger partial charge >= 0.3 is 0 Å². The lowest BCUT2D eigenvalue weighted by Crippen LogP contribution is -2.35. The van der Waals surface area contributed by atoms with E-state index in [0.717, 1.165) is 25.2 Å². The smallest absolute Gasteiger partial charge is 0.145 e. The van der Waals surface area contributed by atoms with Gasteiger partial charge < -0.3 is 5.73 Å². The summed E-state index contributed by atoms with van der Waals surface area (Å²) in [5.74, 6) is 1.23. The number of thiophene rings is 1. The predicted octanol–water partition coefficient (Wildman–Crippen LogP) is 2.58. The molecule has 0 amide bonds. The highest BCUT2D eigenvalue weighted by Crippen LogP contribution is 2.23. The van der Waals surface area contributed by atoms with Crippen molar-refractivity contribution in [1.82, 2.24) is 14.9 Å². The normalized spacial score (nSPS) is 20.1. The Labute approximate surface area is 123 Å². The molecule has 0 bridgehead atoms. The average Bonchev–Trinajstić information content (AvgIpc) is 2.95. The van der Waals surface area contributed by atoms with Gasteiger partial charge in [0.25, 0.3) is 0 Å². The number of nitrogens with zero attached hydrogens (tertiary/aromatic N) is 3. The molecular formula is C15H20N4S. The number of piperidine rings is 1. The molecule has 5 heteroatoms. The van der Waals surface area contributed by atoms with E-state index in [4.69, 9.17) is 5.73 Å². The maximum absolute atomic E-state index is 5.90. The summed E-state index contributed by atoms with van der Waals surface area (Å²) in [6, 6.07) is 2.22. The first kappa shape index (κ1) is 13.5. The van der Waals surface area contributed by atoms with Gasteiger partial charge in [0.15, 0.2) is 0 Å². The zero-order chi connectivity index (χ0) is 13.8. The number of aromatic nitrogens is 2. The van der Waals surface area contributed by atoms with Crippen LogP contribution in [0.4, 0.5) is 5.82 Å². The number of rotatable bonds is 4. The van der Waals surface area contributed by atoms with Crippen molar-refractivity contribution in [3.63, 3.8) is 0 Å². The number of hydrogen-bond donors (Lipinski definition) is 1. The molecule has 2 N–H and O–H groups in total. The number of nitrogen functional groups attached to an aromatic ring is 1. The van der Waals surface area contributed by atoms with Crippen LogP contribution in [0.1, 0.15) is 24.1 Å². The Morgan fingerprint density at radius 1 is 1.35 bits per heavy atom. The lowest BCUT2D eigenvalue weighted by molar-refractivity contribution is 0.166. The molecule has 3 rings (SSSR count). The monoisotopic (exact) mass is 288 g/mol. The molecule has 0 saturated carbocycles. The van der Waals surface area contributed by atoms with Crippen LogP contribution >= 0.6 is 11.3 Å². The van der Waals surface area contributed by atoms with Gasteiger partial charge in [-0.15, -0.1) is 0 Å². The summed E-state index contributed by atoms with van der Waals surface area (Å²) < 4.78 is 0. The summed E-state index contributed by atoms with van der Waals surface area (Å²) in [6.45, 7) is 3.39. The Morgan fingerprint density at radius 2 is 2.25 bits per heavy atom. The first-order valence-corrected chi connectivity index (χ1v) is 8.04. The molecule has 0 aliphatic carbocycles. The van der Waals surface area contributed by atoms with E-state index in [1.54, 1.807) is 23.7 Å². The first-order chi connectivity index (χ1) is 9.81. The Bertz CT molecular complexity index is 541. The van der Waals surface area contributed by atoms with Crippen LogP contribution in [0.2, 0.25) is 0 Å². The summed E-state index contributed by atoms with van der Waals surface area (Å²) in [6.07, 6.45) is 6.85. The lowest BCUT2D eigenvalue weighted by atomic mass is 9.93. The van der Waals surface area contributed by atoms with Gasteiger partial charge in [-0.3, -0.25) is 9.88 Å². The fourth-order valence-electron chi connectivity index (χ4n) is 2.91. The Kier molecular flexibility index (Phi) is 4.28. The van der Waals surface area contributed by atoms with Crippen molar-refractivity contribution >= 4 is 17.2 Å². The molecule has 0 spiro atoms. The minimum absolute atomic E-state index is 0.586. The van der Waals surface area contributed by atoms with Crippen LogP contribution in [-0.2, 0) is 13.0 Å². The molecule has 2 aromatic rings. The van der Waals surface area contributed by atoms with E-state index in [9.17, 15) is 0 Å². The third-order valence-corrected chi connectivity index (χ3v) is 4.61. The molecule has 1 unspecified atom stereocenters. The van der Waals surface area contributed by atoms with Crippen molar-refractivity contribution in [2.24, 2.45) is 5.92 Å². The first-order valence-electron chi connectivity index (χ1n) is 7.10. The highest BCUT2D eigenvalue weighted by Gasteiger charge is 2.21. The Hall–Kier alpha value is -1.46. The summed E-state index contributed by atoms with van der Waals surface area (Å²) in [7, 11) is 0. The summed E-state index contributed by atoms with van der Waals surface area (Å²) in [5, 5.41) is 4.39. The number of hydrogen-bond acceptors (Lipinski definition) is 5. The van der Waals surface area contributed by atoms with Crippen molar-refractivity contribution in [3.05, 3.63) is 40.5 Å². The van der Waals surface area contributed by atoms with Crippen LogP contribution in [-0.4, -0.2) is 28.0 Å². The largest absolute Gasteiger partial charge is 0.382 e. The molecule has 3 heterocycles. The maximum Gasteiger partial charge on any atom is 0.145 e. The molecule has 1 aliphatic heterocycles. The van der Waals surface area contributed by atoms with E-state index in [2.05, 4.69) is 31.7 Å². The van der Waals surface area contributed by atoms with Gasteiger partial charge in [-0.05, 0) is 54.1 Å². The van der Waals surface area contributed by atoms with Gasteiger partial charge in [-0.2, -0.15) is 11.3 Å². The second-order valence-corrected chi connectivity index (χ2v) is 6.25. The molecule has 1 saturated heterocycles. The Balaban J connectivity index is 1.59. The highest BCUT2D eigenvalue weighted by atomic mass is 32.1. The van der Waals surface area contributed by atoms with Gasteiger partial charge in [-0.25, -0.2) is 4.98 Å². The molecule has 4 nitrogen and oxygen atoms in total. The summed E-state index contributed by atoms with van der Waals surface area (Å²) >= 11 is 1.77. The van der Waals surface area contributed by atoms with Crippen LogP contribution in [0.3, 0.4) is 0 Å². The molecule has 106 valence electrons. The quantitative estimate of drug-likeness (QED) is 0.939. The zero-order valence-electron chi connectivity index (χ0n) is 11.5. The fourth-order valence-corrected chi connectivity index (χ4v) is 3.57. The maximum atomic E-state index is 5.90. The number of anilines is 1. The summed E-state index contributed by atoms with van der Waals surface area (Å²) in [4.78, 5) is 11.0. The van der Waals surface area contributed by atoms with Crippen LogP contribution in [0.5, 0.6) is 0 Å². The zero-order valence-corrected chi connectivity index (χ0v) is 12.4. The van der Waals surface area contributed by atoms with E-state index in [-0.39, 0.29) is 0 Å². The van der Waals surface area contributed by atoms with Crippen LogP contribution in [0.25, 0.3) is 0 Å². The molecule has 20 heavy (non-hydrogen) atoms. The second-order valence-electron chi connectivity index (χ2n) is 5.47. The third kappa shape index (κ3) is 3.35. The fraction of sp³-hybridized carbons (Fsp3) is 0.467. The predicted molar refractivity (Wildman–Crippen MR) is 82.5 cm³/mol. The minimum Gasteiger partial charge on any atom is -0.382 e. The molecule has 2 aromatic heterocycles. The average molecular weight is 288 g/mol. The van der Waals surface area contributed by atoms with Gasteiger partial charge in [0, 0.05) is 25.5 Å². The van der Waals surface area contributed by atoms with Crippen molar-refractivity contribution in [2.45, 2.75) is 25.8 Å². The van der Waals surface area contributed by atoms with Crippen LogP contribution in [0, 0.1) is 5.92 Å². The molecular weight excluding hydrogens is 268 g/mol. The Morgan fingerprint density at radius 3 is 3.05 bits per heavy atom.